The highest BCUT2D eigenvalue weighted by Gasteiger charge is 2.29. The number of aromatic nitrogens is 4. The predicted molar refractivity (Wildman–Crippen MR) is 112 cm³/mol. The average Bonchev–Trinajstić information content (AvgIpc) is 3.11. The number of H-pyrrole nitrogens is 1. The van der Waals surface area contributed by atoms with Gasteiger partial charge in [-0.15, -0.1) is 0 Å². The molecular weight excluding hydrogens is 350 g/mol. The molecule has 0 aliphatic carbocycles. The molecule has 1 aromatic carbocycles. The van der Waals surface area contributed by atoms with Crippen molar-refractivity contribution in [3.63, 3.8) is 0 Å². The third-order valence-corrected chi connectivity index (χ3v) is 6.22. The Balaban J connectivity index is 1.50. The number of fused-ring (bicyclic) bond motifs is 2. The Morgan fingerprint density at radius 3 is 2.82 bits per heavy atom. The van der Waals surface area contributed by atoms with Crippen LogP contribution in [0.25, 0.3) is 11.2 Å². The number of aryl methyl sites for hydroxylation is 1. The number of anilines is 3. The summed E-state index contributed by atoms with van der Waals surface area (Å²) in [5.41, 5.74) is 10.3. The first kappa shape index (κ1) is 17.4. The van der Waals surface area contributed by atoms with Gasteiger partial charge in [0.25, 0.3) is 0 Å². The fourth-order valence-corrected chi connectivity index (χ4v) is 4.36. The highest BCUT2D eigenvalue weighted by Crippen LogP contribution is 2.38. The minimum atomic E-state index is -0.0764. The van der Waals surface area contributed by atoms with E-state index in [2.05, 4.69) is 58.1 Å². The van der Waals surface area contributed by atoms with Crippen LogP contribution in [-0.2, 0) is 6.42 Å². The third kappa shape index (κ3) is 2.90. The van der Waals surface area contributed by atoms with Crippen LogP contribution in [0, 0.1) is 0 Å². The van der Waals surface area contributed by atoms with Gasteiger partial charge in [0.1, 0.15) is 5.82 Å². The smallest absolute Gasteiger partial charge is 0.183 e. The molecule has 1 saturated heterocycles. The van der Waals surface area contributed by atoms with E-state index in [4.69, 9.17) is 15.7 Å². The molecule has 146 valence electrons. The van der Waals surface area contributed by atoms with Gasteiger partial charge in [-0.25, -0.2) is 9.97 Å². The number of rotatable bonds is 2. The van der Waals surface area contributed by atoms with Gasteiger partial charge in [0.15, 0.2) is 17.0 Å². The van der Waals surface area contributed by atoms with Gasteiger partial charge in [-0.1, -0.05) is 18.2 Å². The molecule has 2 aromatic heterocycles. The molecule has 3 N–H and O–H groups in total. The molecule has 3 aromatic rings. The molecule has 2 aliphatic rings. The van der Waals surface area contributed by atoms with Crippen LogP contribution in [0.15, 0.2) is 30.5 Å². The van der Waals surface area contributed by atoms with Crippen molar-refractivity contribution >= 4 is 28.5 Å². The van der Waals surface area contributed by atoms with E-state index in [-0.39, 0.29) is 5.54 Å². The summed E-state index contributed by atoms with van der Waals surface area (Å²) in [7, 11) is 0. The molecule has 2 aliphatic heterocycles. The highest BCUT2D eigenvalue weighted by molar-refractivity contribution is 5.88. The minimum absolute atomic E-state index is 0.0764. The van der Waals surface area contributed by atoms with Crippen LogP contribution in [0.3, 0.4) is 0 Å². The monoisotopic (exact) mass is 377 g/mol. The first-order valence-electron chi connectivity index (χ1n) is 10.1. The van der Waals surface area contributed by atoms with Gasteiger partial charge in [-0.2, -0.15) is 5.10 Å². The summed E-state index contributed by atoms with van der Waals surface area (Å²) in [5, 5.41) is 7.73. The largest absolute Gasteiger partial charge is 0.355 e. The molecule has 0 bridgehead atoms. The van der Waals surface area contributed by atoms with Crippen LogP contribution in [0.5, 0.6) is 0 Å². The van der Waals surface area contributed by atoms with Crippen LogP contribution in [0.2, 0.25) is 0 Å². The maximum atomic E-state index is 6.26. The zero-order chi connectivity index (χ0) is 19.3. The number of piperidine rings is 1. The summed E-state index contributed by atoms with van der Waals surface area (Å²) in [6.45, 7) is 6.18. The Hall–Kier alpha value is -2.67. The van der Waals surface area contributed by atoms with Gasteiger partial charge >= 0.3 is 0 Å². The highest BCUT2D eigenvalue weighted by atomic mass is 15.3. The van der Waals surface area contributed by atoms with E-state index < -0.39 is 0 Å². The predicted octanol–water partition coefficient (Wildman–Crippen LogP) is 3.14. The van der Waals surface area contributed by atoms with Gasteiger partial charge in [0, 0.05) is 30.4 Å². The number of hydrogen-bond donors (Lipinski definition) is 2. The van der Waals surface area contributed by atoms with Crippen molar-refractivity contribution in [3.8, 4) is 0 Å². The molecule has 1 fully saturated rings. The Morgan fingerprint density at radius 2 is 2.00 bits per heavy atom. The second kappa shape index (κ2) is 6.44. The molecular formula is C21H27N7. The number of aromatic amines is 1. The van der Waals surface area contributed by atoms with Gasteiger partial charge < -0.3 is 15.5 Å². The van der Waals surface area contributed by atoms with Gasteiger partial charge in [-0.05, 0) is 51.2 Å². The summed E-state index contributed by atoms with van der Waals surface area (Å²) in [4.78, 5) is 14.1. The van der Waals surface area contributed by atoms with Gasteiger partial charge in [0.05, 0.1) is 6.20 Å². The van der Waals surface area contributed by atoms with Crippen LogP contribution >= 0.6 is 0 Å². The van der Waals surface area contributed by atoms with Gasteiger partial charge in [0.2, 0.25) is 0 Å². The fourth-order valence-electron chi connectivity index (χ4n) is 4.36. The summed E-state index contributed by atoms with van der Waals surface area (Å²) in [6.07, 6.45) is 6.00. The van der Waals surface area contributed by atoms with E-state index in [0.29, 0.717) is 6.04 Å². The summed E-state index contributed by atoms with van der Waals surface area (Å²) >= 11 is 0. The maximum absolute atomic E-state index is 6.26. The zero-order valence-electron chi connectivity index (χ0n) is 16.5. The zero-order valence-corrected chi connectivity index (χ0v) is 16.5. The van der Waals surface area contributed by atoms with Crippen molar-refractivity contribution in [1.82, 2.24) is 20.2 Å². The molecule has 5 rings (SSSR count). The molecule has 0 spiro atoms. The summed E-state index contributed by atoms with van der Waals surface area (Å²) in [6, 6.07) is 8.93. The van der Waals surface area contributed by atoms with Crippen LogP contribution in [0.4, 0.5) is 17.3 Å². The lowest BCUT2D eigenvalue weighted by Crippen LogP contribution is -2.48. The molecule has 0 amide bonds. The normalized spacial score (nSPS) is 21.8. The van der Waals surface area contributed by atoms with Crippen molar-refractivity contribution in [3.05, 3.63) is 36.0 Å². The second-order valence-corrected chi connectivity index (χ2v) is 8.50. The quantitative estimate of drug-likeness (QED) is 0.713. The Bertz CT molecular complexity index is 999. The number of nitrogens with two attached hydrogens (primary N) is 1. The first-order chi connectivity index (χ1) is 13.5. The van der Waals surface area contributed by atoms with Crippen LogP contribution < -0.4 is 15.5 Å². The fraction of sp³-hybridized carbons (Fsp3) is 0.476. The summed E-state index contributed by atoms with van der Waals surface area (Å²) in [5.74, 6) is 1.76. The van der Waals surface area contributed by atoms with Crippen molar-refractivity contribution in [2.24, 2.45) is 5.73 Å². The lowest BCUT2D eigenvalue weighted by atomic mass is 9.91. The Labute approximate surface area is 165 Å². The van der Waals surface area contributed by atoms with E-state index in [1.807, 2.05) is 6.20 Å². The Kier molecular flexibility index (Phi) is 4.01. The molecule has 1 atom stereocenters. The number of hydrogen-bond acceptors (Lipinski definition) is 6. The average molecular weight is 377 g/mol. The standard InChI is InChI=1S/C21H27N7/c1-14-7-8-15-5-3-4-6-16(15)28(14)20-18-19(25-26-20)24-17(13-23-18)27-11-9-21(2,22)10-12-27/h3-6,13-14H,7-12,22H2,1-2H3,(H,24,25,26). The molecule has 7 heteroatoms. The Morgan fingerprint density at radius 1 is 1.21 bits per heavy atom. The van der Waals surface area contributed by atoms with E-state index in [9.17, 15) is 0 Å². The second-order valence-electron chi connectivity index (χ2n) is 8.50. The number of para-hydroxylation sites is 1. The van der Waals surface area contributed by atoms with E-state index >= 15 is 0 Å². The number of nitrogens with one attached hydrogen (secondary N) is 1. The van der Waals surface area contributed by atoms with Crippen molar-refractivity contribution < 1.29 is 0 Å². The first-order valence-corrected chi connectivity index (χ1v) is 10.1. The molecule has 0 radical (unpaired) electrons. The van der Waals surface area contributed by atoms with E-state index in [0.717, 1.165) is 61.6 Å². The van der Waals surface area contributed by atoms with E-state index in [1.54, 1.807) is 0 Å². The maximum Gasteiger partial charge on any atom is 0.183 e. The topological polar surface area (TPSA) is 87.0 Å². The van der Waals surface area contributed by atoms with Crippen molar-refractivity contribution in [1.29, 1.82) is 0 Å². The number of benzene rings is 1. The molecule has 28 heavy (non-hydrogen) atoms. The van der Waals surface area contributed by atoms with Crippen molar-refractivity contribution in [2.45, 2.75) is 51.1 Å². The lowest BCUT2D eigenvalue weighted by Gasteiger charge is -2.37. The summed E-state index contributed by atoms with van der Waals surface area (Å²) < 4.78 is 0. The molecule has 1 unspecified atom stereocenters. The molecule has 4 heterocycles. The molecule has 7 nitrogen and oxygen atoms in total. The SMILES string of the molecule is CC1CCc2ccccc2N1c1n[nH]c2nc(N3CCC(C)(N)CC3)cnc12. The molecule has 0 saturated carbocycles. The van der Waals surface area contributed by atoms with Crippen molar-refractivity contribution in [2.75, 3.05) is 22.9 Å². The number of nitrogens with zero attached hydrogens (tertiary/aromatic N) is 5. The van der Waals surface area contributed by atoms with Gasteiger partial charge in [-0.3, -0.25) is 5.10 Å². The lowest BCUT2D eigenvalue weighted by molar-refractivity contribution is 0.363. The minimum Gasteiger partial charge on any atom is -0.355 e. The third-order valence-electron chi connectivity index (χ3n) is 6.22. The van der Waals surface area contributed by atoms with Crippen LogP contribution in [0.1, 0.15) is 38.7 Å². The van der Waals surface area contributed by atoms with Crippen LogP contribution in [-0.4, -0.2) is 44.8 Å². The van der Waals surface area contributed by atoms with E-state index in [1.165, 1.54) is 11.3 Å².